The molecule has 12 heavy (non-hydrogen) atoms. The maximum atomic E-state index is 9.50. The van der Waals surface area contributed by atoms with Crippen LogP contribution in [-0.2, 0) is 0 Å². The topological polar surface area (TPSA) is 44.3 Å². The van der Waals surface area contributed by atoms with Crippen LogP contribution in [0.1, 0.15) is 18.0 Å². The molecule has 0 bridgehead atoms. The second-order valence-electron chi connectivity index (χ2n) is 2.97. The number of para-hydroxylation sites is 1. The Balaban J connectivity index is 2.26. The van der Waals surface area contributed by atoms with Gasteiger partial charge >= 0.3 is 0 Å². The van der Waals surface area contributed by atoms with Crippen LogP contribution in [0.3, 0.4) is 0 Å². The van der Waals surface area contributed by atoms with Crippen molar-refractivity contribution < 1.29 is 5.11 Å². The van der Waals surface area contributed by atoms with E-state index < -0.39 is 0 Å². The summed E-state index contributed by atoms with van der Waals surface area (Å²) in [6.07, 6.45) is 1.03. The first-order valence-corrected chi connectivity index (χ1v) is 4.14. The molecule has 3 N–H and O–H groups in total. The van der Waals surface area contributed by atoms with Crippen molar-refractivity contribution in [2.75, 3.05) is 6.54 Å². The van der Waals surface area contributed by atoms with Gasteiger partial charge in [-0.1, -0.05) is 18.2 Å². The van der Waals surface area contributed by atoms with Crippen LogP contribution in [0.2, 0.25) is 0 Å². The number of aromatic hydroxyl groups is 1. The maximum absolute atomic E-state index is 9.50. The van der Waals surface area contributed by atoms with Gasteiger partial charge in [-0.25, -0.2) is 0 Å². The van der Waals surface area contributed by atoms with Gasteiger partial charge in [-0.2, -0.15) is 0 Å². The number of benzene rings is 1. The van der Waals surface area contributed by atoms with Gasteiger partial charge in [-0.05, 0) is 12.5 Å². The third-order valence-corrected chi connectivity index (χ3v) is 2.15. The average Bonchev–Trinajstić information content (AvgIpc) is 2.57. The normalized spacial score (nSPS) is 22.8. The highest BCUT2D eigenvalue weighted by Crippen LogP contribution is 2.26. The molecule has 64 valence electrons. The highest BCUT2D eigenvalue weighted by Gasteiger charge is 2.17. The van der Waals surface area contributed by atoms with E-state index in [1.807, 2.05) is 18.2 Å². The van der Waals surface area contributed by atoms with Gasteiger partial charge < -0.3 is 5.11 Å². The zero-order chi connectivity index (χ0) is 8.39. The lowest BCUT2D eigenvalue weighted by Gasteiger charge is -2.10. The van der Waals surface area contributed by atoms with Gasteiger partial charge in [0, 0.05) is 12.1 Å². The molecule has 3 heteroatoms. The van der Waals surface area contributed by atoms with Crippen LogP contribution in [0.25, 0.3) is 0 Å². The van der Waals surface area contributed by atoms with Crippen LogP contribution < -0.4 is 10.9 Å². The number of rotatable bonds is 1. The molecule has 1 aliphatic rings. The SMILES string of the molecule is Oc1ccccc1C1CCNN1. The number of hydrazine groups is 1. The lowest BCUT2D eigenvalue weighted by molar-refractivity contribution is 0.453. The van der Waals surface area contributed by atoms with Gasteiger partial charge in [0.25, 0.3) is 0 Å². The van der Waals surface area contributed by atoms with Crippen LogP contribution in [0.4, 0.5) is 0 Å². The summed E-state index contributed by atoms with van der Waals surface area (Å²) in [4.78, 5) is 0. The predicted molar refractivity (Wildman–Crippen MR) is 46.6 cm³/mol. The average molecular weight is 164 g/mol. The van der Waals surface area contributed by atoms with E-state index in [0.29, 0.717) is 5.75 Å². The van der Waals surface area contributed by atoms with Gasteiger partial charge in [-0.15, -0.1) is 0 Å². The van der Waals surface area contributed by atoms with Crippen molar-refractivity contribution in [3.8, 4) is 5.75 Å². The quantitative estimate of drug-likeness (QED) is 0.578. The molecule has 1 saturated heterocycles. The standard InChI is InChI=1S/C9H12N2O/c12-9-4-2-1-3-7(9)8-5-6-10-11-8/h1-4,8,10-12H,5-6H2. The highest BCUT2D eigenvalue weighted by atomic mass is 16.3. The Hall–Kier alpha value is -1.06. The van der Waals surface area contributed by atoms with Gasteiger partial charge in [-0.3, -0.25) is 10.9 Å². The molecular formula is C9H12N2O. The first-order valence-electron chi connectivity index (χ1n) is 4.14. The lowest BCUT2D eigenvalue weighted by Crippen LogP contribution is -2.24. The van der Waals surface area contributed by atoms with Crippen LogP contribution in [-0.4, -0.2) is 11.7 Å². The Bertz CT molecular complexity index is 269. The Kier molecular flexibility index (Phi) is 1.98. The smallest absolute Gasteiger partial charge is 0.120 e. The van der Waals surface area contributed by atoms with Crippen molar-refractivity contribution in [3.05, 3.63) is 29.8 Å². The molecule has 0 amide bonds. The Morgan fingerprint density at radius 2 is 2.17 bits per heavy atom. The van der Waals surface area contributed by atoms with E-state index in [9.17, 15) is 5.11 Å². The van der Waals surface area contributed by atoms with E-state index in [4.69, 9.17) is 0 Å². The number of hydrogen-bond acceptors (Lipinski definition) is 3. The number of phenolic OH excluding ortho intramolecular Hbond substituents is 1. The Morgan fingerprint density at radius 3 is 2.83 bits per heavy atom. The van der Waals surface area contributed by atoms with E-state index in [-0.39, 0.29) is 6.04 Å². The molecule has 1 fully saturated rings. The summed E-state index contributed by atoms with van der Waals surface area (Å²) in [5, 5.41) is 9.50. The third-order valence-electron chi connectivity index (χ3n) is 2.15. The molecule has 1 aromatic rings. The van der Waals surface area contributed by atoms with E-state index in [2.05, 4.69) is 10.9 Å². The summed E-state index contributed by atoms with van der Waals surface area (Å²) in [5.74, 6) is 0.374. The summed E-state index contributed by atoms with van der Waals surface area (Å²) < 4.78 is 0. The molecule has 0 saturated carbocycles. The minimum Gasteiger partial charge on any atom is -0.508 e. The molecule has 2 rings (SSSR count). The lowest BCUT2D eigenvalue weighted by atomic mass is 10.0. The fraction of sp³-hybridized carbons (Fsp3) is 0.333. The zero-order valence-electron chi connectivity index (χ0n) is 6.75. The summed E-state index contributed by atoms with van der Waals surface area (Å²) in [7, 11) is 0. The second-order valence-corrected chi connectivity index (χ2v) is 2.97. The Morgan fingerprint density at radius 1 is 1.33 bits per heavy atom. The summed E-state index contributed by atoms with van der Waals surface area (Å²) in [5.41, 5.74) is 7.12. The van der Waals surface area contributed by atoms with Gasteiger partial charge in [0.05, 0.1) is 6.04 Å². The van der Waals surface area contributed by atoms with Crippen molar-refractivity contribution >= 4 is 0 Å². The van der Waals surface area contributed by atoms with E-state index in [1.165, 1.54) is 0 Å². The summed E-state index contributed by atoms with van der Waals surface area (Å²) >= 11 is 0. The largest absolute Gasteiger partial charge is 0.508 e. The zero-order valence-corrected chi connectivity index (χ0v) is 6.75. The molecular weight excluding hydrogens is 152 g/mol. The first-order chi connectivity index (χ1) is 5.88. The van der Waals surface area contributed by atoms with Gasteiger partial charge in [0.2, 0.25) is 0 Å². The minimum absolute atomic E-state index is 0.256. The molecule has 1 aliphatic heterocycles. The fourth-order valence-electron chi connectivity index (χ4n) is 1.50. The van der Waals surface area contributed by atoms with Crippen molar-refractivity contribution in [2.24, 2.45) is 0 Å². The monoisotopic (exact) mass is 164 g/mol. The maximum Gasteiger partial charge on any atom is 0.120 e. The fourth-order valence-corrected chi connectivity index (χ4v) is 1.50. The molecule has 0 spiro atoms. The number of phenols is 1. The van der Waals surface area contributed by atoms with Gasteiger partial charge in [0.1, 0.15) is 5.75 Å². The van der Waals surface area contributed by atoms with Crippen molar-refractivity contribution in [1.29, 1.82) is 0 Å². The molecule has 1 unspecified atom stereocenters. The van der Waals surface area contributed by atoms with E-state index in [0.717, 1.165) is 18.5 Å². The van der Waals surface area contributed by atoms with Crippen LogP contribution in [0, 0.1) is 0 Å². The van der Waals surface area contributed by atoms with Crippen molar-refractivity contribution in [2.45, 2.75) is 12.5 Å². The molecule has 3 nitrogen and oxygen atoms in total. The van der Waals surface area contributed by atoms with Crippen LogP contribution in [0.15, 0.2) is 24.3 Å². The first kappa shape index (κ1) is 7.58. The minimum atomic E-state index is 0.256. The Labute approximate surface area is 71.4 Å². The summed E-state index contributed by atoms with van der Waals surface area (Å²) in [6.45, 7) is 0.957. The molecule has 1 atom stereocenters. The molecule has 1 aromatic carbocycles. The summed E-state index contributed by atoms with van der Waals surface area (Å²) in [6, 6.07) is 7.69. The number of nitrogens with one attached hydrogen (secondary N) is 2. The molecule has 0 aliphatic carbocycles. The predicted octanol–water partition coefficient (Wildman–Crippen LogP) is 0.931. The van der Waals surface area contributed by atoms with Crippen LogP contribution in [0.5, 0.6) is 5.75 Å². The third kappa shape index (κ3) is 1.29. The molecule has 0 aromatic heterocycles. The van der Waals surface area contributed by atoms with Crippen LogP contribution >= 0.6 is 0 Å². The van der Waals surface area contributed by atoms with E-state index in [1.54, 1.807) is 6.07 Å². The van der Waals surface area contributed by atoms with Crippen molar-refractivity contribution in [1.82, 2.24) is 10.9 Å². The second kappa shape index (κ2) is 3.13. The number of hydrogen-bond donors (Lipinski definition) is 3. The van der Waals surface area contributed by atoms with E-state index >= 15 is 0 Å². The van der Waals surface area contributed by atoms with Crippen molar-refractivity contribution in [3.63, 3.8) is 0 Å². The molecule has 0 radical (unpaired) electrons. The molecule has 1 heterocycles. The van der Waals surface area contributed by atoms with Gasteiger partial charge in [0.15, 0.2) is 0 Å². The highest BCUT2D eigenvalue weighted by molar-refractivity contribution is 5.34.